The molecule has 1 fully saturated rings. The van der Waals surface area contributed by atoms with Gasteiger partial charge in [-0.2, -0.15) is 0 Å². The lowest BCUT2D eigenvalue weighted by Gasteiger charge is -2.34. The van der Waals surface area contributed by atoms with Gasteiger partial charge in [0.2, 0.25) is 29.5 Å². The summed E-state index contributed by atoms with van der Waals surface area (Å²) >= 11 is 0. The number of carboxylic acid groups (broad SMARTS) is 1. The molecule has 16 nitrogen and oxygen atoms in total. The van der Waals surface area contributed by atoms with E-state index in [1.54, 1.807) is 20.0 Å². The van der Waals surface area contributed by atoms with Crippen LogP contribution >= 0.6 is 0 Å². The molecule has 1 aliphatic heterocycles. The Bertz CT molecular complexity index is 1450. The molecule has 45 heavy (non-hydrogen) atoms. The number of amides is 5. The maximum Gasteiger partial charge on any atom is 0.305 e. The molecular formula is C29H41N9O7. The minimum absolute atomic E-state index is 0.00738. The third kappa shape index (κ3) is 9.42. The highest BCUT2D eigenvalue weighted by molar-refractivity contribution is 5.98. The Morgan fingerprint density at radius 3 is 2.36 bits per heavy atom. The molecule has 16 heteroatoms. The topological polar surface area (TPSA) is 254 Å². The van der Waals surface area contributed by atoms with E-state index in [0.717, 1.165) is 10.9 Å². The van der Waals surface area contributed by atoms with Crippen LogP contribution in [0.5, 0.6) is 0 Å². The largest absolute Gasteiger partial charge is 0.481 e. The van der Waals surface area contributed by atoms with Gasteiger partial charge in [-0.15, -0.1) is 0 Å². The van der Waals surface area contributed by atoms with Crippen molar-refractivity contribution in [2.24, 2.45) is 22.4 Å². The lowest BCUT2D eigenvalue weighted by molar-refractivity contribution is -0.144. The molecule has 0 bridgehead atoms. The molecule has 4 unspecified atom stereocenters. The van der Waals surface area contributed by atoms with Gasteiger partial charge < -0.3 is 47.7 Å². The second-order valence-electron chi connectivity index (χ2n) is 11.2. The number of carboxylic acids is 1. The molecule has 5 amide bonds. The fourth-order valence-electron chi connectivity index (χ4n) is 5.25. The first kappa shape index (κ1) is 34.3. The van der Waals surface area contributed by atoms with Crippen LogP contribution in [0.15, 0.2) is 35.5 Å². The Hall–Kier alpha value is -5.15. The summed E-state index contributed by atoms with van der Waals surface area (Å²) in [7, 11) is 1.42. The highest BCUT2D eigenvalue weighted by atomic mass is 16.4. The van der Waals surface area contributed by atoms with E-state index >= 15 is 0 Å². The minimum atomic E-state index is -1.56. The van der Waals surface area contributed by atoms with E-state index < -0.39 is 78.6 Å². The van der Waals surface area contributed by atoms with Gasteiger partial charge in [0.25, 0.3) is 0 Å². The van der Waals surface area contributed by atoms with Gasteiger partial charge >= 0.3 is 5.97 Å². The molecule has 1 aromatic heterocycles. The number of aromatic nitrogens is 1. The average Bonchev–Trinajstić information content (AvgIpc) is 3.38. The van der Waals surface area contributed by atoms with E-state index in [2.05, 4.69) is 31.2 Å². The number of benzene rings is 1. The normalized spacial score (nSPS) is 22.1. The van der Waals surface area contributed by atoms with Gasteiger partial charge in [-0.05, 0) is 30.4 Å². The van der Waals surface area contributed by atoms with E-state index in [1.807, 2.05) is 24.3 Å². The summed E-state index contributed by atoms with van der Waals surface area (Å²) in [4.78, 5) is 86.8. The van der Waals surface area contributed by atoms with Crippen LogP contribution in [0.1, 0.15) is 38.7 Å². The van der Waals surface area contributed by atoms with E-state index in [1.165, 1.54) is 11.9 Å². The Morgan fingerprint density at radius 2 is 1.69 bits per heavy atom. The quantitative estimate of drug-likeness (QED) is 0.0895. The first-order chi connectivity index (χ1) is 21.3. The molecule has 1 aromatic carbocycles. The number of aliphatic imine (C=N–C) groups is 1. The van der Waals surface area contributed by atoms with Gasteiger partial charge in [0, 0.05) is 37.1 Å². The molecule has 0 aliphatic carbocycles. The Kier molecular flexibility index (Phi) is 11.9. The van der Waals surface area contributed by atoms with Gasteiger partial charge in [0.15, 0.2) is 5.96 Å². The highest BCUT2D eigenvalue weighted by Crippen LogP contribution is 2.21. The summed E-state index contributed by atoms with van der Waals surface area (Å²) in [6.07, 6.45) is 1.32. The van der Waals surface area contributed by atoms with Crippen LogP contribution in [-0.4, -0.2) is 101 Å². The molecule has 1 aliphatic rings. The summed E-state index contributed by atoms with van der Waals surface area (Å²) in [5, 5.41) is 20.3. The number of hydrogen-bond acceptors (Lipinski definition) is 7. The van der Waals surface area contributed by atoms with Gasteiger partial charge in [0.1, 0.15) is 24.2 Å². The van der Waals surface area contributed by atoms with Crippen molar-refractivity contribution in [3.63, 3.8) is 0 Å². The van der Waals surface area contributed by atoms with Crippen molar-refractivity contribution < 1.29 is 33.9 Å². The fourth-order valence-corrected chi connectivity index (χ4v) is 5.25. The zero-order valence-electron chi connectivity index (χ0n) is 25.5. The van der Waals surface area contributed by atoms with Crippen molar-refractivity contribution in [1.29, 1.82) is 0 Å². The number of likely N-dealkylation sites (N-methyl/N-ethyl adjacent to an activating group) is 1. The van der Waals surface area contributed by atoms with Crippen LogP contribution in [0.3, 0.4) is 0 Å². The molecule has 0 radical (unpaired) electrons. The minimum Gasteiger partial charge on any atom is -0.481 e. The van der Waals surface area contributed by atoms with E-state index in [4.69, 9.17) is 11.5 Å². The SMILES string of the molecule is CC(C)C1C(=O)NC(CCCN=C(N)N)C(=O)NCC(=O)NC(CC(=O)O)C(=O)NC(Cc2c[nH]c3ccccc23)C(=O)N1C. The number of nitrogens with one attached hydrogen (secondary N) is 5. The Morgan fingerprint density at radius 1 is 1.00 bits per heavy atom. The van der Waals surface area contributed by atoms with Crippen molar-refractivity contribution in [2.45, 2.75) is 63.7 Å². The molecule has 244 valence electrons. The molecule has 3 rings (SSSR count). The van der Waals surface area contributed by atoms with Crippen LogP contribution in [0.4, 0.5) is 0 Å². The number of guanidine groups is 1. The number of fused-ring (bicyclic) bond motifs is 1. The third-order valence-corrected chi connectivity index (χ3v) is 7.41. The summed E-state index contributed by atoms with van der Waals surface area (Å²) < 4.78 is 0. The Labute approximate surface area is 259 Å². The fraction of sp³-hybridized carbons (Fsp3) is 0.483. The zero-order chi connectivity index (χ0) is 33.3. The number of rotatable bonds is 9. The number of nitrogens with two attached hydrogens (primary N) is 2. The summed E-state index contributed by atoms with van der Waals surface area (Å²) in [6.45, 7) is 3.03. The molecular weight excluding hydrogens is 586 g/mol. The standard InChI is InChI=1S/C29H41N9O7/c1-15(2)24-27(44)36-19(9-6-10-32-29(30)31)25(42)34-14-22(39)35-20(12-23(40)41)26(43)37-21(28(45)38(24)3)11-16-13-33-18-8-5-4-7-17(16)18/h4-5,7-8,13,15,19-21,24,33H,6,9-12,14H2,1-3H3,(H,34,42)(H,35,39)(H,36,44)(H,37,43)(H,40,41)(H4,30,31,32). The zero-order valence-corrected chi connectivity index (χ0v) is 25.5. The van der Waals surface area contributed by atoms with Crippen LogP contribution < -0.4 is 32.7 Å². The predicted molar refractivity (Wildman–Crippen MR) is 164 cm³/mol. The van der Waals surface area contributed by atoms with E-state index in [0.29, 0.717) is 12.0 Å². The summed E-state index contributed by atoms with van der Waals surface area (Å²) in [5.41, 5.74) is 12.2. The molecule has 4 atom stereocenters. The average molecular weight is 628 g/mol. The van der Waals surface area contributed by atoms with Crippen LogP contribution in [0, 0.1) is 5.92 Å². The molecule has 0 saturated carbocycles. The van der Waals surface area contributed by atoms with Gasteiger partial charge in [-0.1, -0.05) is 32.0 Å². The lowest BCUT2D eigenvalue weighted by atomic mass is 9.98. The van der Waals surface area contributed by atoms with Gasteiger partial charge in [-0.25, -0.2) is 0 Å². The van der Waals surface area contributed by atoms with Crippen molar-refractivity contribution in [2.75, 3.05) is 20.1 Å². The maximum atomic E-state index is 14.1. The number of carbonyl (C=O) groups is 6. The number of hydrogen-bond donors (Lipinski definition) is 8. The smallest absolute Gasteiger partial charge is 0.305 e. The molecule has 10 N–H and O–H groups in total. The van der Waals surface area contributed by atoms with Crippen LogP contribution in [0.25, 0.3) is 10.9 Å². The number of nitrogens with zero attached hydrogens (tertiary/aromatic N) is 2. The molecule has 2 aromatic rings. The number of aromatic amines is 1. The predicted octanol–water partition coefficient (Wildman–Crippen LogP) is -1.69. The number of H-pyrrole nitrogens is 1. The first-order valence-electron chi connectivity index (χ1n) is 14.5. The monoisotopic (exact) mass is 627 g/mol. The lowest BCUT2D eigenvalue weighted by Crippen LogP contribution is -2.59. The highest BCUT2D eigenvalue weighted by Gasteiger charge is 2.37. The van der Waals surface area contributed by atoms with E-state index in [9.17, 15) is 33.9 Å². The molecule has 2 heterocycles. The van der Waals surface area contributed by atoms with Crippen molar-refractivity contribution >= 4 is 52.4 Å². The summed E-state index contributed by atoms with van der Waals surface area (Å²) in [6, 6.07) is 2.37. The van der Waals surface area contributed by atoms with Crippen molar-refractivity contribution in [3.8, 4) is 0 Å². The van der Waals surface area contributed by atoms with Crippen molar-refractivity contribution in [3.05, 3.63) is 36.0 Å². The molecule has 0 spiro atoms. The van der Waals surface area contributed by atoms with E-state index in [-0.39, 0.29) is 25.3 Å². The molecule has 1 saturated heterocycles. The van der Waals surface area contributed by atoms with Crippen LogP contribution in [-0.2, 0) is 35.2 Å². The number of aliphatic carboxylic acids is 1. The second-order valence-corrected chi connectivity index (χ2v) is 11.2. The Balaban J connectivity index is 2.02. The van der Waals surface area contributed by atoms with Crippen LogP contribution in [0.2, 0.25) is 0 Å². The van der Waals surface area contributed by atoms with Gasteiger partial charge in [-0.3, -0.25) is 33.8 Å². The number of carbonyl (C=O) groups excluding carboxylic acids is 5. The first-order valence-corrected chi connectivity index (χ1v) is 14.5. The number of para-hydroxylation sites is 1. The van der Waals surface area contributed by atoms with Crippen molar-refractivity contribution in [1.82, 2.24) is 31.2 Å². The summed E-state index contributed by atoms with van der Waals surface area (Å²) in [5.74, 6) is -5.65. The second kappa shape index (κ2) is 15.5. The maximum absolute atomic E-state index is 14.1. The third-order valence-electron chi connectivity index (χ3n) is 7.41. The van der Waals surface area contributed by atoms with Gasteiger partial charge in [0.05, 0.1) is 13.0 Å².